The van der Waals surface area contributed by atoms with E-state index in [2.05, 4.69) is 23.3 Å². The first-order valence-electron chi connectivity index (χ1n) is 11.5. The van der Waals surface area contributed by atoms with Crippen molar-refractivity contribution in [2.45, 2.75) is 77.2 Å². The molecule has 1 saturated heterocycles. The highest BCUT2D eigenvalue weighted by Crippen LogP contribution is 2.40. The third-order valence-electron chi connectivity index (χ3n) is 5.07. The number of phenolic OH excluding ortho intramolecular Hbond substituents is 1. The Morgan fingerprint density at radius 2 is 1.68 bits per heavy atom. The highest BCUT2D eigenvalue weighted by atomic mass is 32.2. The van der Waals surface area contributed by atoms with E-state index in [-0.39, 0.29) is 22.0 Å². The number of rotatable bonds is 5. The Kier molecular flexibility index (Phi) is 9.83. The summed E-state index contributed by atoms with van der Waals surface area (Å²) in [4.78, 5) is 27.6. The lowest BCUT2D eigenvalue weighted by Gasteiger charge is -2.28. The van der Waals surface area contributed by atoms with E-state index in [1.165, 1.54) is 18.6 Å². The summed E-state index contributed by atoms with van der Waals surface area (Å²) in [6.07, 6.45) is 6.09. The molecule has 1 aliphatic heterocycles. The SMILES string of the molecule is CC(C)(C)c1cc(C=C2SC(=O)NC2=O)cc(C(C)(C)C)c1O.CCCCSc1ccccn1. The molecule has 0 aliphatic carbocycles. The lowest BCUT2D eigenvalue weighted by molar-refractivity contribution is -0.115. The largest absolute Gasteiger partial charge is 0.507 e. The molecule has 5 nitrogen and oxygen atoms in total. The van der Waals surface area contributed by atoms with Crippen molar-refractivity contribution < 1.29 is 14.7 Å². The Hall–Kier alpha value is -2.25. The van der Waals surface area contributed by atoms with E-state index in [1.54, 1.807) is 6.08 Å². The molecule has 0 bridgehead atoms. The van der Waals surface area contributed by atoms with Crippen molar-refractivity contribution in [2.24, 2.45) is 0 Å². The van der Waals surface area contributed by atoms with Crippen LogP contribution in [-0.4, -0.2) is 27.0 Å². The summed E-state index contributed by atoms with van der Waals surface area (Å²) >= 11 is 2.73. The van der Waals surface area contributed by atoms with Gasteiger partial charge < -0.3 is 5.11 Å². The van der Waals surface area contributed by atoms with Gasteiger partial charge in [-0.25, -0.2) is 4.98 Å². The summed E-state index contributed by atoms with van der Waals surface area (Å²) in [5, 5.41) is 13.7. The Morgan fingerprint density at radius 3 is 2.12 bits per heavy atom. The Labute approximate surface area is 212 Å². The van der Waals surface area contributed by atoms with Gasteiger partial charge in [0.15, 0.2) is 0 Å². The minimum Gasteiger partial charge on any atom is -0.507 e. The van der Waals surface area contributed by atoms with E-state index in [4.69, 9.17) is 0 Å². The molecule has 0 unspecified atom stereocenters. The summed E-state index contributed by atoms with van der Waals surface area (Å²) in [6.45, 7) is 14.4. The monoisotopic (exact) mass is 500 g/mol. The first-order chi connectivity index (χ1) is 15.8. The van der Waals surface area contributed by atoms with E-state index in [0.29, 0.717) is 10.7 Å². The molecule has 0 saturated carbocycles. The zero-order valence-electron chi connectivity index (χ0n) is 21.2. The molecule has 1 fully saturated rings. The predicted octanol–water partition coefficient (Wildman–Crippen LogP) is 7.28. The fourth-order valence-electron chi connectivity index (χ4n) is 3.21. The predicted molar refractivity (Wildman–Crippen MR) is 144 cm³/mol. The number of nitrogens with zero attached hydrogens (tertiary/aromatic N) is 1. The lowest BCUT2D eigenvalue weighted by atomic mass is 9.78. The summed E-state index contributed by atoms with van der Waals surface area (Å²) in [6, 6.07) is 9.80. The molecule has 2 N–H and O–H groups in total. The maximum absolute atomic E-state index is 11.7. The molecule has 2 aromatic rings. The summed E-state index contributed by atoms with van der Waals surface area (Å²) < 4.78 is 0. The maximum atomic E-state index is 11.7. The third kappa shape index (κ3) is 8.20. The van der Waals surface area contributed by atoms with E-state index in [1.807, 2.05) is 83.8 Å². The average Bonchev–Trinajstić information content (AvgIpc) is 3.05. The first-order valence-corrected chi connectivity index (χ1v) is 13.3. The molecule has 2 amide bonds. The fraction of sp³-hybridized carbons (Fsp3) is 0.444. The second-order valence-electron chi connectivity index (χ2n) is 10.2. The van der Waals surface area contributed by atoms with Gasteiger partial charge in [0.2, 0.25) is 0 Å². The number of thioether (sulfide) groups is 2. The number of benzene rings is 1. The van der Waals surface area contributed by atoms with Gasteiger partial charge in [0.05, 0.1) is 9.93 Å². The third-order valence-corrected chi connectivity index (χ3v) is 6.91. The van der Waals surface area contributed by atoms with Crippen molar-refractivity contribution in [3.8, 4) is 5.75 Å². The molecule has 2 heterocycles. The van der Waals surface area contributed by atoms with Gasteiger partial charge in [0, 0.05) is 17.3 Å². The number of amides is 2. The normalized spacial score (nSPS) is 15.2. The molecule has 0 atom stereocenters. The number of unbranched alkanes of at least 4 members (excludes halogenated alkanes) is 1. The number of hydrogen-bond donors (Lipinski definition) is 2. The van der Waals surface area contributed by atoms with Crippen molar-refractivity contribution >= 4 is 40.7 Å². The van der Waals surface area contributed by atoms with Gasteiger partial charge in [0.25, 0.3) is 11.1 Å². The lowest BCUT2D eigenvalue weighted by Crippen LogP contribution is -2.18. The van der Waals surface area contributed by atoms with Crippen molar-refractivity contribution in [1.82, 2.24) is 10.3 Å². The van der Waals surface area contributed by atoms with Crippen LogP contribution in [0.3, 0.4) is 0 Å². The number of carbonyl (C=O) groups excluding carboxylic acids is 2. The molecular formula is C27H36N2O3S2. The van der Waals surface area contributed by atoms with E-state index >= 15 is 0 Å². The second-order valence-corrected chi connectivity index (χ2v) is 12.3. The van der Waals surface area contributed by atoms with Gasteiger partial charge in [-0.3, -0.25) is 14.9 Å². The van der Waals surface area contributed by atoms with Crippen LogP contribution in [0.1, 0.15) is 78.0 Å². The number of carbonyl (C=O) groups is 2. The van der Waals surface area contributed by atoms with Crippen LogP contribution in [-0.2, 0) is 15.6 Å². The van der Waals surface area contributed by atoms with Crippen molar-refractivity contribution in [2.75, 3.05) is 5.75 Å². The fourth-order valence-corrected chi connectivity index (χ4v) is 4.84. The van der Waals surface area contributed by atoms with E-state index < -0.39 is 0 Å². The quantitative estimate of drug-likeness (QED) is 0.255. The molecule has 34 heavy (non-hydrogen) atoms. The van der Waals surface area contributed by atoms with Crippen LogP contribution in [0.4, 0.5) is 4.79 Å². The highest BCUT2D eigenvalue weighted by Gasteiger charge is 2.28. The number of aromatic hydroxyl groups is 1. The summed E-state index contributed by atoms with van der Waals surface area (Å²) in [5.41, 5.74) is 1.99. The zero-order chi connectivity index (χ0) is 25.5. The van der Waals surface area contributed by atoms with Crippen LogP contribution in [0, 0.1) is 0 Å². The maximum Gasteiger partial charge on any atom is 0.290 e. The molecule has 3 rings (SSSR count). The molecule has 1 aromatic heterocycles. The topological polar surface area (TPSA) is 79.3 Å². The van der Waals surface area contributed by atoms with Crippen molar-refractivity contribution in [3.63, 3.8) is 0 Å². The second kappa shape index (κ2) is 11.9. The highest BCUT2D eigenvalue weighted by molar-refractivity contribution is 8.18. The van der Waals surface area contributed by atoms with Crippen LogP contribution in [0.15, 0.2) is 46.5 Å². The van der Waals surface area contributed by atoms with Crippen molar-refractivity contribution in [3.05, 3.63) is 58.1 Å². The molecule has 0 spiro atoms. The van der Waals surface area contributed by atoms with Crippen molar-refractivity contribution in [1.29, 1.82) is 0 Å². The van der Waals surface area contributed by atoms with Crippen LogP contribution in [0.5, 0.6) is 5.75 Å². The van der Waals surface area contributed by atoms with Crippen LogP contribution < -0.4 is 5.32 Å². The number of nitrogens with one attached hydrogen (secondary N) is 1. The van der Waals surface area contributed by atoms with Gasteiger partial charge in [-0.15, -0.1) is 11.8 Å². The van der Waals surface area contributed by atoms with E-state index in [0.717, 1.165) is 33.5 Å². The van der Waals surface area contributed by atoms with E-state index in [9.17, 15) is 14.7 Å². The molecular weight excluding hydrogens is 464 g/mol. The number of aromatic nitrogens is 1. The summed E-state index contributed by atoms with van der Waals surface area (Å²) in [5.74, 6) is 1.11. The first kappa shape index (κ1) is 28.0. The number of hydrogen-bond acceptors (Lipinski definition) is 6. The minimum absolute atomic E-state index is 0.237. The van der Waals surface area contributed by atoms with Gasteiger partial charge in [-0.1, -0.05) is 61.0 Å². The Balaban J connectivity index is 0.000000310. The van der Waals surface area contributed by atoms with Crippen LogP contribution >= 0.6 is 23.5 Å². The van der Waals surface area contributed by atoms with Gasteiger partial charge >= 0.3 is 0 Å². The zero-order valence-corrected chi connectivity index (χ0v) is 22.8. The van der Waals surface area contributed by atoms with Crippen LogP contribution in [0.2, 0.25) is 0 Å². The smallest absolute Gasteiger partial charge is 0.290 e. The molecule has 0 radical (unpaired) electrons. The minimum atomic E-state index is -0.373. The number of pyridine rings is 1. The van der Waals surface area contributed by atoms with Crippen LogP contribution in [0.25, 0.3) is 6.08 Å². The standard InChI is InChI=1S/C18H23NO3S.C9H13NS/c1-17(2,3)11-7-10(8-12(14(11)20)18(4,5)6)9-13-15(21)19-16(22)23-13;1-2-3-8-11-9-6-4-5-7-10-9/h7-9,20H,1-6H3,(H,19,21,22);4-7H,2-3,8H2,1H3. The Morgan fingerprint density at radius 1 is 1.06 bits per heavy atom. The van der Waals surface area contributed by atoms with Gasteiger partial charge in [0.1, 0.15) is 5.75 Å². The van der Waals surface area contributed by atoms with Gasteiger partial charge in [-0.2, -0.15) is 0 Å². The Bertz CT molecular complexity index is 1000. The number of phenols is 1. The molecule has 1 aromatic carbocycles. The molecule has 184 valence electrons. The number of imide groups is 1. The summed E-state index contributed by atoms with van der Waals surface area (Å²) in [7, 11) is 0. The molecule has 7 heteroatoms. The van der Waals surface area contributed by atoms with Gasteiger partial charge in [-0.05, 0) is 70.7 Å². The average molecular weight is 501 g/mol. The molecule has 1 aliphatic rings.